The molecule has 0 saturated heterocycles. The number of benzene rings is 1. The summed E-state index contributed by atoms with van der Waals surface area (Å²) < 4.78 is 5.52. The molecule has 2 unspecified atom stereocenters. The van der Waals surface area contributed by atoms with E-state index >= 15 is 0 Å². The van der Waals surface area contributed by atoms with Crippen molar-refractivity contribution in [2.24, 2.45) is 5.92 Å². The van der Waals surface area contributed by atoms with E-state index in [1.807, 2.05) is 38.1 Å². The summed E-state index contributed by atoms with van der Waals surface area (Å²) in [7, 11) is 0. The van der Waals surface area contributed by atoms with E-state index in [9.17, 15) is 10.2 Å². The highest BCUT2D eigenvalue weighted by Gasteiger charge is 2.21. The Hall–Kier alpha value is -1.10. The molecule has 1 aromatic carbocycles. The second kappa shape index (κ2) is 8.37. The first-order chi connectivity index (χ1) is 9.78. The van der Waals surface area contributed by atoms with Gasteiger partial charge in [0.1, 0.15) is 18.5 Å². The first kappa shape index (κ1) is 18.0. The third-order valence-corrected chi connectivity index (χ3v) is 3.20. The molecule has 0 aliphatic rings. The summed E-state index contributed by atoms with van der Waals surface area (Å²) >= 11 is 0. The van der Waals surface area contributed by atoms with E-state index < -0.39 is 11.7 Å². The predicted molar refractivity (Wildman–Crippen MR) is 85.6 cm³/mol. The molecule has 120 valence electrons. The molecule has 0 radical (unpaired) electrons. The Morgan fingerprint density at radius 2 is 1.86 bits per heavy atom. The van der Waals surface area contributed by atoms with Crippen LogP contribution < -0.4 is 10.1 Å². The molecule has 0 fully saturated rings. The number of aliphatic hydroxyl groups excluding tert-OH is 1. The summed E-state index contributed by atoms with van der Waals surface area (Å²) in [5.41, 5.74) is 0.433. The zero-order valence-electron chi connectivity index (χ0n) is 13.6. The van der Waals surface area contributed by atoms with Crippen molar-refractivity contribution in [3.8, 4) is 5.75 Å². The van der Waals surface area contributed by atoms with Crippen molar-refractivity contribution < 1.29 is 14.9 Å². The van der Waals surface area contributed by atoms with E-state index in [1.54, 1.807) is 0 Å². The molecule has 3 N–H and O–H groups in total. The number of rotatable bonds is 9. The summed E-state index contributed by atoms with van der Waals surface area (Å²) in [6, 6.07) is 7.73. The van der Waals surface area contributed by atoms with Gasteiger partial charge < -0.3 is 20.3 Å². The Kier molecular flexibility index (Phi) is 7.15. The van der Waals surface area contributed by atoms with E-state index in [1.165, 1.54) is 5.56 Å². The minimum atomic E-state index is -0.744. The van der Waals surface area contributed by atoms with Gasteiger partial charge in [-0.15, -0.1) is 0 Å². The normalized spacial score (nSPS) is 15.8. The molecule has 0 aromatic heterocycles. The van der Waals surface area contributed by atoms with Crippen LogP contribution in [0.1, 0.15) is 32.8 Å². The summed E-state index contributed by atoms with van der Waals surface area (Å²) in [5, 5.41) is 23.1. The lowest BCUT2D eigenvalue weighted by atomic mass is 9.94. The predicted octanol–water partition coefficient (Wildman–Crippen LogP) is 2.12. The third kappa shape index (κ3) is 8.05. The molecular formula is C17H29NO3. The maximum atomic E-state index is 10.2. The maximum Gasteiger partial charge on any atom is 0.119 e. The molecule has 21 heavy (non-hydrogen) atoms. The lowest BCUT2D eigenvalue weighted by Gasteiger charge is -2.26. The number of aryl methyl sites for hydroxylation is 1. The highest BCUT2D eigenvalue weighted by molar-refractivity contribution is 5.26. The standard InChI is InChI=1S/C17H29NO3/c1-13(2)9-17(4,20)12-18-10-15(19)11-21-16-7-5-14(3)6-8-16/h5-8,13,15,18-20H,9-12H2,1-4H3. The minimum Gasteiger partial charge on any atom is -0.491 e. The van der Waals surface area contributed by atoms with Gasteiger partial charge in [0.25, 0.3) is 0 Å². The Morgan fingerprint density at radius 3 is 2.43 bits per heavy atom. The number of hydrogen-bond acceptors (Lipinski definition) is 4. The van der Waals surface area contributed by atoms with Crippen molar-refractivity contribution in [1.29, 1.82) is 0 Å². The van der Waals surface area contributed by atoms with Crippen LogP contribution in [0.5, 0.6) is 5.75 Å². The van der Waals surface area contributed by atoms with Gasteiger partial charge in [0, 0.05) is 13.1 Å². The van der Waals surface area contributed by atoms with Crippen LogP contribution in [0.3, 0.4) is 0 Å². The number of aliphatic hydroxyl groups is 2. The quantitative estimate of drug-likeness (QED) is 0.653. The molecular weight excluding hydrogens is 266 g/mol. The van der Waals surface area contributed by atoms with Gasteiger partial charge in [-0.2, -0.15) is 0 Å². The molecule has 0 amide bonds. The largest absolute Gasteiger partial charge is 0.491 e. The summed E-state index contributed by atoms with van der Waals surface area (Å²) in [4.78, 5) is 0. The minimum absolute atomic E-state index is 0.238. The molecule has 0 aliphatic carbocycles. The molecule has 4 nitrogen and oxygen atoms in total. The molecule has 0 bridgehead atoms. The number of hydrogen-bond donors (Lipinski definition) is 3. The highest BCUT2D eigenvalue weighted by atomic mass is 16.5. The summed E-state index contributed by atoms with van der Waals surface area (Å²) in [6.07, 6.45) is 0.136. The zero-order valence-corrected chi connectivity index (χ0v) is 13.6. The average Bonchev–Trinajstić information content (AvgIpc) is 2.36. The van der Waals surface area contributed by atoms with E-state index in [4.69, 9.17) is 4.74 Å². The van der Waals surface area contributed by atoms with Crippen molar-refractivity contribution in [2.45, 2.75) is 45.8 Å². The van der Waals surface area contributed by atoms with Crippen LogP contribution in [0.2, 0.25) is 0 Å². The smallest absolute Gasteiger partial charge is 0.119 e. The fourth-order valence-electron chi connectivity index (χ4n) is 2.35. The third-order valence-electron chi connectivity index (χ3n) is 3.20. The van der Waals surface area contributed by atoms with Gasteiger partial charge >= 0.3 is 0 Å². The van der Waals surface area contributed by atoms with Gasteiger partial charge in [-0.25, -0.2) is 0 Å². The van der Waals surface area contributed by atoms with Crippen LogP contribution in [-0.2, 0) is 0 Å². The Labute approximate surface area is 128 Å². The van der Waals surface area contributed by atoms with Crippen LogP contribution in [0.4, 0.5) is 0 Å². The first-order valence-corrected chi connectivity index (χ1v) is 7.59. The molecule has 2 atom stereocenters. The van der Waals surface area contributed by atoms with Gasteiger partial charge in [0.05, 0.1) is 5.60 Å². The van der Waals surface area contributed by atoms with Crippen LogP contribution >= 0.6 is 0 Å². The average molecular weight is 295 g/mol. The van der Waals surface area contributed by atoms with Crippen LogP contribution in [0.15, 0.2) is 24.3 Å². The molecule has 0 saturated carbocycles. The molecule has 1 aromatic rings. The van der Waals surface area contributed by atoms with Crippen molar-refractivity contribution in [1.82, 2.24) is 5.32 Å². The topological polar surface area (TPSA) is 61.7 Å². The van der Waals surface area contributed by atoms with Gasteiger partial charge in [-0.1, -0.05) is 31.5 Å². The monoisotopic (exact) mass is 295 g/mol. The fraction of sp³-hybridized carbons (Fsp3) is 0.647. The number of ether oxygens (including phenoxy) is 1. The van der Waals surface area contributed by atoms with Gasteiger partial charge in [0.2, 0.25) is 0 Å². The highest BCUT2D eigenvalue weighted by Crippen LogP contribution is 2.15. The second-order valence-corrected chi connectivity index (χ2v) is 6.50. The zero-order chi connectivity index (χ0) is 15.9. The second-order valence-electron chi connectivity index (χ2n) is 6.50. The van der Waals surface area contributed by atoms with Crippen molar-refractivity contribution in [3.05, 3.63) is 29.8 Å². The molecule has 4 heteroatoms. The summed E-state index contributed by atoms with van der Waals surface area (Å²) in [6.45, 7) is 9.10. The molecule has 0 heterocycles. The van der Waals surface area contributed by atoms with Crippen LogP contribution in [-0.4, -0.2) is 41.6 Å². The Morgan fingerprint density at radius 1 is 1.24 bits per heavy atom. The SMILES string of the molecule is Cc1ccc(OCC(O)CNCC(C)(O)CC(C)C)cc1. The number of nitrogens with one attached hydrogen (secondary N) is 1. The lowest BCUT2D eigenvalue weighted by Crippen LogP contribution is -2.42. The van der Waals surface area contributed by atoms with E-state index in [-0.39, 0.29) is 6.61 Å². The van der Waals surface area contributed by atoms with Gasteiger partial charge in [0.15, 0.2) is 0 Å². The van der Waals surface area contributed by atoms with Crippen LogP contribution in [0.25, 0.3) is 0 Å². The van der Waals surface area contributed by atoms with Gasteiger partial charge in [-0.3, -0.25) is 0 Å². The molecule has 1 rings (SSSR count). The lowest BCUT2D eigenvalue weighted by molar-refractivity contribution is 0.0327. The molecule has 0 spiro atoms. The van der Waals surface area contributed by atoms with E-state index in [0.717, 1.165) is 12.2 Å². The fourth-order valence-corrected chi connectivity index (χ4v) is 2.35. The van der Waals surface area contributed by atoms with Crippen LogP contribution in [0, 0.1) is 12.8 Å². The molecule has 0 aliphatic heterocycles. The van der Waals surface area contributed by atoms with Gasteiger partial charge in [-0.05, 0) is 38.3 Å². The van der Waals surface area contributed by atoms with Crippen molar-refractivity contribution in [3.63, 3.8) is 0 Å². The Bertz CT molecular complexity index is 401. The van der Waals surface area contributed by atoms with E-state index in [0.29, 0.717) is 19.0 Å². The van der Waals surface area contributed by atoms with Crippen molar-refractivity contribution >= 4 is 0 Å². The first-order valence-electron chi connectivity index (χ1n) is 7.59. The maximum absolute atomic E-state index is 10.2. The Balaban J connectivity index is 2.22. The van der Waals surface area contributed by atoms with E-state index in [2.05, 4.69) is 19.2 Å². The van der Waals surface area contributed by atoms with Crippen molar-refractivity contribution in [2.75, 3.05) is 19.7 Å². The summed E-state index contributed by atoms with van der Waals surface area (Å²) in [5.74, 6) is 1.20.